The molecule has 2 heterocycles. The summed E-state index contributed by atoms with van der Waals surface area (Å²) in [4.78, 5) is 17.1. The third kappa shape index (κ3) is 4.31. The van der Waals surface area contributed by atoms with Gasteiger partial charge in [-0.05, 0) is 18.9 Å². The van der Waals surface area contributed by atoms with E-state index in [2.05, 4.69) is 24.6 Å². The first kappa shape index (κ1) is 16.0. The van der Waals surface area contributed by atoms with Crippen molar-refractivity contribution in [1.82, 2.24) is 14.5 Å². The molecule has 1 fully saturated rings. The molecule has 0 aromatic carbocycles. The van der Waals surface area contributed by atoms with Crippen LogP contribution in [-0.4, -0.2) is 46.9 Å². The van der Waals surface area contributed by atoms with E-state index in [1.54, 1.807) is 6.20 Å². The van der Waals surface area contributed by atoms with E-state index in [9.17, 15) is 9.90 Å². The number of carboxylic acid groups (broad SMARTS) is 1. The van der Waals surface area contributed by atoms with Crippen molar-refractivity contribution in [3.63, 3.8) is 0 Å². The van der Waals surface area contributed by atoms with Gasteiger partial charge in [-0.15, -0.1) is 0 Å². The van der Waals surface area contributed by atoms with Gasteiger partial charge < -0.3 is 14.4 Å². The van der Waals surface area contributed by atoms with Gasteiger partial charge in [0.05, 0.1) is 6.04 Å². The van der Waals surface area contributed by atoms with Crippen LogP contribution in [-0.2, 0) is 11.5 Å². The lowest BCUT2D eigenvalue weighted by Crippen LogP contribution is -2.30. The van der Waals surface area contributed by atoms with Crippen LogP contribution in [0.2, 0.25) is 25.7 Å². The quantitative estimate of drug-likeness (QED) is 0.648. The Kier molecular flexibility index (Phi) is 5.05. The van der Waals surface area contributed by atoms with Crippen LogP contribution in [0.5, 0.6) is 0 Å². The van der Waals surface area contributed by atoms with E-state index < -0.39 is 14.2 Å². The molecule has 1 unspecified atom stereocenters. The molecule has 1 aromatic heterocycles. The molecule has 0 spiro atoms. The van der Waals surface area contributed by atoms with Crippen LogP contribution in [0.3, 0.4) is 0 Å². The molecule has 1 aromatic rings. The Labute approximate surface area is 126 Å². The fourth-order valence-corrected chi connectivity index (χ4v) is 3.29. The second-order valence-electron chi connectivity index (χ2n) is 6.74. The van der Waals surface area contributed by atoms with E-state index in [0.29, 0.717) is 13.3 Å². The summed E-state index contributed by atoms with van der Waals surface area (Å²) in [6.45, 7) is 8.75. The highest BCUT2D eigenvalue weighted by atomic mass is 28.3. The lowest BCUT2D eigenvalue weighted by atomic mass is 10.2. The Morgan fingerprint density at radius 3 is 2.95 bits per heavy atom. The van der Waals surface area contributed by atoms with Crippen molar-refractivity contribution in [3.8, 4) is 0 Å². The first-order valence-corrected chi connectivity index (χ1v) is 11.2. The van der Waals surface area contributed by atoms with Crippen molar-refractivity contribution in [2.45, 2.75) is 51.3 Å². The van der Waals surface area contributed by atoms with Crippen LogP contribution in [0.15, 0.2) is 12.4 Å². The van der Waals surface area contributed by atoms with Gasteiger partial charge in [0.1, 0.15) is 12.6 Å². The number of imidazole rings is 1. The summed E-state index contributed by atoms with van der Waals surface area (Å²) in [5.74, 6) is 0.794. The molecule has 0 saturated carbocycles. The van der Waals surface area contributed by atoms with E-state index in [4.69, 9.17) is 4.74 Å². The Hall–Kier alpha value is -1.34. The Bertz CT molecular complexity index is 484. The summed E-state index contributed by atoms with van der Waals surface area (Å²) in [6, 6.07) is 0.986. The van der Waals surface area contributed by atoms with Gasteiger partial charge in [0.2, 0.25) is 0 Å². The van der Waals surface area contributed by atoms with Crippen LogP contribution in [0.25, 0.3) is 0 Å². The number of ether oxygens (including phenoxy) is 1. The van der Waals surface area contributed by atoms with Crippen LogP contribution >= 0.6 is 0 Å². The van der Waals surface area contributed by atoms with Crippen LogP contribution < -0.4 is 0 Å². The number of rotatable bonds is 6. The minimum Gasteiger partial charge on any atom is -0.465 e. The topological polar surface area (TPSA) is 67.6 Å². The summed E-state index contributed by atoms with van der Waals surface area (Å²) < 4.78 is 7.67. The Morgan fingerprint density at radius 2 is 2.29 bits per heavy atom. The summed E-state index contributed by atoms with van der Waals surface area (Å²) >= 11 is 0. The second kappa shape index (κ2) is 6.61. The summed E-state index contributed by atoms with van der Waals surface area (Å²) in [5, 5.41) is 9.24. The van der Waals surface area contributed by atoms with E-state index in [1.165, 1.54) is 4.90 Å². The Morgan fingerprint density at radius 1 is 1.52 bits per heavy atom. The summed E-state index contributed by atoms with van der Waals surface area (Å²) in [5.41, 5.74) is 0. The molecule has 1 aliphatic rings. The third-order valence-corrected chi connectivity index (χ3v) is 5.48. The van der Waals surface area contributed by atoms with Crippen LogP contribution in [0.1, 0.15) is 24.7 Å². The van der Waals surface area contributed by atoms with E-state index >= 15 is 0 Å². The molecule has 1 saturated heterocycles. The fourth-order valence-electron chi connectivity index (χ4n) is 2.53. The van der Waals surface area contributed by atoms with Crippen LogP contribution in [0, 0.1) is 0 Å². The highest BCUT2D eigenvalue weighted by molar-refractivity contribution is 6.76. The van der Waals surface area contributed by atoms with Gasteiger partial charge in [-0.1, -0.05) is 19.6 Å². The average molecular weight is 311 g/mol. The molecular weight excluding hydrogens is 286 g/mol. The molecule has 0 aliphatic carbocycles. The molecule has 1 atom stereocenters. The normalized spacial score (nSPS) is 19.2. The van der Waals surface area contributed by atoms with Crippen molar-refractivity contribution >= 4 is 14.2 Å². The molecular formula is C14H25N3O3Si. The van der Waals surface area contributed by atoms with Gasteiger partial charge >= 0.3 is 6.09 Å². The summed E-state index contributed by atoms with van der Waals surface area (Å²) in [7, 11) is -1.08. The summed E-state index contributed by atoms with van der Waals surface area (Å²) in [6.07, 6.45) is 4.43. The van der Waals surface area contributed by atoms with Gasteiger partial charge in [-0.25, -0.2) is 9.78 Å². The SMILES string of the molecule is C[Si](C)(C)CCOCn1ccnc1C1CCCN1C(=O)O. The molecule has 0 bridgehead atoms. The zero-order chi connectivity index (χ0) is 15.5. The standard InChI is InChI=1S/C14H25N3O3Si/c1-21(2,3)10-9-20-11-16-8-6-15-13(16)12-5-4-7-17(12)14(18)19/h6,8,12H,4-5,7,9-11H2,1-3H3,(H,18,19). The molecule has 6 nitrogen and oxygen atoms in total. The first-order valence-electron chi connectivity index (χ1n) is 7.47. The smallest absolute Gasteiger partial charge is 0.407 e. The Balaban J connectivity index is 1.94. The zero-order valence-corrected chi connectivity index (χ0v) is 14.1. The molecule has 7 heteroatoms. The third-order valence-electron chi connectivity index (χ3n) is 3.77. The highest BCUT2D eigenvalue weighted by Gasteiger charge is 2.32. The van der Waals surface area contributed by atoms with Gasteiger partial charge in [0, 0.05) is 33.6 Å². The molecule has 1 amide bonds. The van der Waals surface area contributed by atoms with Crippen molar-refractivity contribution in [2.75, 3.05) is 13.2 Å². The number of nitrogens with zero attached hydrogens (tertiary/aromatic N) is 3. The number of aromatic nitrogens is 2. The monoisotopic (exact) mass is 311 g/mol. The van der Waals surface area contributed by atoms with E-state index in [1.807, 2.05) is 10.8 Å². The van der Waals surface area contributed by atoms with Crippen molar-refractivity contribution in [2.24, 2.45) is 0 Å². The first-order chi connectivity index (χ1) is 9.88. The fraction of sp³-hybridized carbons (Fsp3) is 0.714. The van der Waals surface area contributed by atoms with Gasteiger partial charge in [-0.2, -0.15) is 0 Å². The van der Waals surface area contributed by atoms with Crippen molar-refractivity contribution in [3.05, 3.63) is 18.2 Å². The molecule has 2 rings (SSSR count). The number of hydrogen-bond donors (Lipinski definition) is 1. The van der Waals surface area contributed by atoms with Crippen molar-refractivity contribution in [1.29, 1.82) is 0 Å². The van der Waals surface area contributed by atoms with Crippen molar-refractivity contribution < 1.29 is 14.6 Å². The zero-order valence-electron chi connectivity index (χ0n) is 13.1. The lowest BCUT2D eigenvalue weighted by molar-refractivity contribution is 0.0805. The minimum atomic E-state index is -1.08. The largest absolute Gasteiger partial charge is 0.465 e. The maximum atomic E-state index is 11.3. The number of amides is 1. The highest BCUT2D eigenvalue weighted by Crippen LogP contribution is 2.30. The maximum absolute atomic E-state index is 11.3. The van der Waals surface area contributed by atoms with Gasteiger partial charge in [0.15, 0.2) is 0 Å². The maximum Gasteiger partial charge on any atom is 0.407 e. The van der Waals surface area contributed by atoms with E-state index in [-0.39, 0.29) is 6.04 Å². The molecule has 0 radical (unpaired) electrons. The number of hydrogen-bond acceptors (Lipinski definition) is 3. The number of carbonyl (C=O) groups is 1. The second-order valence-corrected chi connectivity index (χ2v) is 12.4. The minimum absolute atomic E-state index is 0.141. The average Bonchev–Trinajstić information content (AvgIpc) is 3.01. The predicted octanol–water partition coefficient (Wildman–Crippen LogP) is 3.01. The van der Waals surface area contributed by atoms with Gasteiger partial charge in [0.25, 0.3) is 0 Å². The van der Waals surface area contributed by atoms with E-state index in [0.717, 1.165) is 31.3 Å². The predicted molar refractivity (Wildman–Crippen MR) is 83.0 cm³/mol. The van der Waals surface area contributed by atoms with Crippen LogP contribution in [0.4, 0.5) is 4.79 Å². The molecule has 1 N–H and O–H groups in total. The number of likely N-dealkylation sites (tertiary alicyclic amines) is 1. The molecule has 21 heavy (non-hydrogen) atoms. The lowest BCUT2D eigenvalue weighted by Gasteiger charge is -2.22. The van der Waals surface area contributed by atoms with Gasteiger partial charge in [-0.3, -0.25) is 4.90 Å². The molecule has 1 aliphatic heterocycles. The molecule has 118 valence electrons.